The van der Waals surface area contributed by atoms with Crippen LogP contribution in [0.25, 0.3) is 0 Å². The van der Waals surface area contributed by atoms with Crippen LogP contribution in [-0.2, 0) is 14.3 Å². The van der Waals surface area contributed by atoms with Gasteiger partial charge in [0.15, 0.2) is 12.1 Å². The molecule has 32 heavy (non-hydrogen) atoms. The Balaban J connectivity index is 1.59. The molecule has 1 unspecified atom stereocenters. The number of anilines is 2. The molecule has 1 amide bonds. The number of aromatic amines is 1. The lowest BCUT2D eigenvalue weighted by Crippen LogP contribution is -2.45. The number of likely N-dealkylation sites (tertiary alicyclic amines) is 1. The van der Waals surface area contributed by atoms with E-state index in [9.17, 15) is 9.59 Å². The van der Waals surface area contributed by atoms with Gasteiger partial charge in [0.05, 0.1) is 24.5 Å². The largest absolute Gasteiger partial charge is 0.382 e. The molecule has 5 N–H and O–H groups in total. The predicted octanol–water partition coefficient (Wildman–Crippen LogP) is 1.40. The summed E-state index contributed by atoms with van der Waals surface area (Å²) in [4.78, 5) is 26.3. The highest BCUT2D eigenvalue weighted by molar-refractivity contribution is 6.16. The maximum atomic E-state index is 12.6. The molecule has 3 heterocycles. The average molecular weight is 438 g/mol. The van der Waals surface area contributed by atoms with Gasteiger partial charge in [0.25, 0.3) is 5.56 Å². The van der Waals surface area contributed by atoms with E-state index < -0.39 is 11.8 Å². The quantitative estimate of drug-likeness (QED) is 0.394. The van der Waals surface area contributed by atoms with Crippen molar-refractivity contribution in [1.29, 1.82) is 5.41 Å². The number of piperidine rings is 1. The number of benzene rings is 1. The highest BCUT2D eigenvalue weighted by Crippen LogP contribution is 2.26. The summed E-state index contributed by atoms with van der Waals surface area (Å²) in [6, 6.07) is 7.00. The van der Waals surface area contributed by atoms with Crippen molar-refractivity contribution < 1.29 is 14.3 Å². The maximum absolute atomic E-state index is 12.6. The number of nitrogens with one attached hydrogen (secondary N) is 3. The first-order valence-corrected chi connectivity index (χ1v) is 10.5. The van der Waals surface area contributed by atoms with Crippen LogP contribution in [0.4, 0.5) is 11.5 Å². The van der Waals surface area contributed by atoms with E-state index in [-0.39, 0.29) is 34.7 Å². The van der Waals surface area contributed by atoms with Gasteiger partial charge < -0.3 is 25.4 Å². The van der Waals surface area contributed by atoms with E-state index in [1.54, 1.807) is 17.0 Å². The van der Waals surface area contributed by atoms with Crippen LogP contribution in [0.15, 0.2) is 41.7 Å². The first-order chi connectivity index (χ1) is 15.5. The van der Waals surface area contributed by atoms with Crippen molar-refractivity contribution in [1.82, 2.24) is 15.1 Å². The first-order valence-electron chi connectivity index (χ1n) is 10.5. The van der Waals surface area contributed by atoms with E-state index in [1.165, 1.54) is 6.08 Å². The van der Waals surface area contributed by atoms with Gasteiger partial charge in [-0.25, -0.2) is 5.10 Å². The van der Waals surface area contributed by atoms with Crippen molar-refractivity contribution in [2.75, 3.05) is 37.4 Å². The highest BCUT2D eigenvalue weighted by Gasteiger charge is 2.26. The zero-order valence-electron chi connectivity index (χ0n) is 17.6. The monoisotopic (exact) mass is 438 g/mol. The van der Waals surface area contributed by atoms with Crippen LogP contribution >= 0.6 is 0 Å². The Bertz CT molecular complexity index is 1070. The van der Waals surface area contributed by atoms with Crippen LogP contribution in [-0.4, -0.2) is 59.1 Å². The molecular formula is C22H26N6O4. The summed E-state index contributed by atoms with van der Waals surface area (Å²) in [7, 11) is 0. The standard InChI is InChI=1S/C22H26N6O4/c1-2-16(29)28-9-3-4-15(12-28)25-19-17(20(24)26-27-21(19)30)18(23)13-5-7-14(8-6-13)22-31-10-11-32-22/h2,5-8,15,22-23H,1,3-4,9-12H2,(H,27,30)(H3,24,25,26). The van der Waals surface area contributed by atoms with Gasteiger partial charge >= 0.3 is 0 Å². The molecule has 2 aliphatic rings. The van der Waals surface area contributed by atoms with Crippen LogP contribution in [0.3, 0.4) is 0 Å². The zero-order chi connectivity index (χ0) is 22.7. The van der Waals surface area contributed by atoms with Crippen LogP contribution in [0.1, 0.15) is 35.8 Å². The van der Waals surface area contributed by atoms with Crippen molar-refractivity contribution >= 4 is 23.1 Å². The third-order valence-electron chi connectivity index (χ3n) is 5.61. The van der Waals surface area contributed by atoms with E-state index in [2.05, 4.69) is 22.1 Å². The summed E-state index contributed by atoms with van der Waals surface area (Å²) in [6.45, 7) is 5.69. The smallest absolute Gasteiger partial charge is 0.288 e. The van der Waals surface area contributed by atoms with Crippen molar-refractivity contribution in [3.8, 4) is 0 Å². The highest BCUT2D eigenvalue weighted by atomic mass is 16.7. The second-order valence-electron chi connectivity index (χ2n) is 7.73. The Morgan fingerprint density at radius 1 is 1.31 bits per heavy atom. The molecule has 2 aromatic rings. The number of carbonyl (C=O) groups excluding carboxylic acids is 1. The number of rotatable bonds is 6. The summed E-state index contributed by atoms with van der Waals surface area (Å²) in [5.41, 5.74) is 7.49. The molecule has 2 fully saturated rings. The number of amides is 1. The molecule has 1 aromatic heterocycles. The van der Waals surface area contributed by atoms with Crippen LogP contribution in [0, 0.1) is 5.41 Å². The number of nitrogens with two attached hydrogens (primary N) is 1. The lowest BCUT2D eigenvalue weighted by atomic mass is 9.99. The maximum Gasteiger partial charge on any atom is 0.288 e. The normalized spacial score (nSPS) is 19.0. The molecule has 0 saturated carbocycles. The number of nitrogen functional groups attached to an aromatic ring is 1. The van der Waals surface area contributed by atoms with Crippen LogP contribution in [0.5, 0.6) is 0 Å². The minimum atomic E-state index is -0.476. The zero-order valence-corrected chi connectivity index (χ0v) is 17.6. The third-order valence-corrected chi connectivity index (χ3v) is 5.61. The molecule has 2 aliphatic heterocycles. The van der Waals surface area contributed by atoms with Gasteiger partial charge in [-0.3, -0.25) is 15.0 Å². The molecule has 0 aliphatic carbocycles. The van der Waals surface area contributed by atoms with Gasteiger partial charge in [0.2, 0.25) is 5.91 Å². The van der Waals surface area contributed by atoms with E-state index in [4.69, 9.17) is 20.6 Å². The second kappa shape index (κ2) is 9.33. The fraction of sp³-hybridized carbons (Fsp3) is 0.364. The number of aromatic nitrogens is 2. The Morgan fingerprint density at radius 3 is 2.72 bits per heavy atom. The average Bonchev–Trinajstić information content (AvgIpc) is 3.36. The number of nitrogens with zero attached hydrogens (tertiary/aromatic N) is 2. The molecule has 1 atom stereocenters. The van der Waals surface area contributed by atoms with Crippen LogP contribution in [0.2, 0.25) is 0 Å². The van der Waals surface area contributed by atoms with Gasteiger partial charge in [-0.2, -0.15) is 5.10 Å². The minimum absolute atomic E-state index is 0.0402. The Labute approximate surface area is 184 Å². The number of ether oxygens (including phenoxy) is 2. The van der Waals surface area contributed by atoms with Crippen molar-refractivity contribution in [2.24, 2.45) is 0 Å². The van der Waals surface area contributed by atoms with Crippen molar-refractivity contribution in [2.45, 2.75) is 25.2 Å². The van der Waals surface area contributed by atoms with Gasteiger partial charge in [0.1, 0.15) is 5.69 Å². The minimum Gasteiger partial charge on any atom is -0.382 e. The fourth-order valence-electron chi connectivity index (χ4n) is 3.99. The molecule has 168 valence electrons. The first kappa shape index (κ1) is 21.7. The molecular weight excluding hydrogens is 412 g/mol. The van der Waals surface area contributed by atoms with Gasteiger partial charge in [0, 0.05) is 30.3 Å². The lowest BCUT2D eigenvalue weighted by Gasteiger charge is -2.33. The Hall–Kier alpha value is -3.50. The molecule has 0 bridgehead atoms. The topological polar surface area (TPSA) is 146 Å². The third kappa shape index (κ3) is 4.41. The van der Waals surface area contributed by atoms with Crippen molar-refractivity contribution in [3.63, 3.8) is 0 Å². The molecule has 0 spiro atoms. The number of H-pyrrole nitrogens is 1. The SMILES string of the molecule is C=CC(=O)N1CCCC(Nc2c(C(=N)c3ccc(C4OCCO4)cc3)c(N)n[nH]c2=O)C1. The van der Waals surface area contributed by atoms with E-state index >= 15 is 0 Å². The second-order valence-corrected chi connectivity index (χ2v) is 7.73. The molecule has 0 radical (unpaired) electrons. The van der Waals surface area contributed by atoms with Gasteiger partial charge in [-0.1, -0.05) is 30.8 Å². The van der Waals surface area contributed by atoms with Crippen molar-refractivity contribution in [3.05, 3.63) is 64.0 Å². The number of hydrogen-bond donors (Lipinski definition) is 4. The number of carbonyl (C=O) groups is 1. The summed E-state index contributed by atoms with van der Waals surface area (Å²) < 4.78 is 11.0. The summed E-state index contributed by atoms with van der Waals surface area (Å²) in [5.74, 6) is -0.110. The Kier molecular flexibility index (Phi) is 6.33. The summed E-state index contributed by atoms with van der Waals surface area (Å²) in [5, 5.41) is 18.2. The summed E-state index contributed by atoms with van der Waals surface area (Å²) in [6.07, 6.45) is 2.43. The predicted molar refractivity (Wildman–Crippen MR) is 120 cm³/mol. The Morgan fingerprint density at radius 2 is 2.03 bits per heavy atom. The lowest BCUT2D eigenvalue weighted by molar-refractivity contribution is -0.127. The molecule has 2 saturated heterocycles. The molecule has 10 heteroatoms. The van der Waals surface area contributed by atoms with Crippen LogP contribution < -0.4 is 16.6 Å². The van der Waals surface area contributed by atoms with Gasteiger partial charge in [-0.15, -0.1) is 0 Å². The number of hydrogen-bond acceptors (Lipinski definition) is 8. The van der Waals surface area contributed by atoms with E-state index in [0.717, 1.165) is 18.4 Å². The molecule has 1 aromatic carbocycles. The van der Waals surface area contributed by atoms with E-state index in [1.807, 2.05) is 12.1 Å². The molecule has 10 nitrogen and oxygen atoms in total. The molecule has 4 rings (SSSR count). The van der Waals surface area contributed by atoms with E-state index in [0.29, 0.717) is 31.9 Å². The summed E-state index contributed by atoms with van der Waals surface area (Å²) >= 11 is 0. The van der Waals surface area contributed by atoms with Gasteiger partial charge in [-0.05, 0) is 18.9 Å². The fourth-order valence-corrected chi connectivity index (χ4v) is 3.99.